The van der Waals surface area contributed by atoms with Crippen LogP contribution in [0.2, 0.25) is 0 Å². The number of rotatable bonds is 11. The van der Waals surface area contributed by atoms with Gasteiger partial charge in [-0.1, -0.05) is 15.0 Å². The van der Waals surface area contributed by atoms with E-state index in [1.165, 1.54) is 5.75 Å². The van der Waals surface area contributed by atoms with Crippen LogP contribution in [0.15, 0.2) is 0 Å². The molecule has 1 fully saturated rings. The lowest BCUT2D eigenvalue weighted by atomic mass is 10.5. The minimum atomic E-state index is -0.924. The lowest BCUT2D eigenvalue weighted by Gasteiger charge is -2.27. The number of thiol groups is 3. The molecule has 0 saturated carbocycles. The summed E-state index contributed by atoms with van der Waals surface area (Å²) in [4.78, 5) is 31.0. The van der Waals surface area contributed by atoms with Gasteiger partial charge in [0.15, 0.2) is 15.1 Å². The van der Waals surface area contributed by atoms with Crippen molar-refractivity contribution in [2.75, 3.05) is 54.5 Å². The second-order valence-electron chi connectivity index (χ2n) is 4.85. The van der Waals surface area contributed by atoms with E-state index >= 15 is 0 Å². The van der Waals surface area contributed by atoms with Crippen LogP contribution >= 0.6 is 61.4 Å². The number of hydrogen-bond donors (Lipinski definition) is 3. The molecule has 1 heterocycles. The third kappa shape index (κ3) is 11.7. The number of thioether (sulfide) groups is 2. The van der Waals surface area contributed by atoms with Gasteiger partial charge >= 0.3 is 0 Å². The molecule has 0 amide bonds. The Morgan fingerprint density at radius 3 is 1.52 bits per heavy atom. The van der Waals surface area contributed by atoms with Gasteiger partial charge in [-0.15, -0.1) is 0 Å². The van der Waals surface area contributed by atoms with Crippen LogP contribution in [0.3, 0.4) is 0 Å². The highest BCUT2D eigenvalue weighted by Crippen LogP contribution is 2.18. The molecule has 158 valence electrons. The molecular weight excluding hydrogens is 460 g/mol. The highest BCUT2D eigenvalue weighted by Gasteiger charge is 2.39. The molecule has 0 aromatic carbocycles. The number of nitro groups is 3. The second-order valence-corrected chi connectivity index (χ2v) is 8.67. The Hall–Kier alpha value is -0.650. The third-order valence-corrected chi connectivity index (χ3v) is 7.19. The summed E-state index contributed by atoms with van der Waals surface area (Å²) < 4.78 is 0. The van der Waals surface area contributed by atoms with Gasteiger partial charge in [-0.2, -0.15) is 61.4 Å². The van der Waals surface area contributed by atoms with Gasteiger partial charge in [0.1, 0.15) is 0 Å². The quantitative estimate of drug-likeness (QED) is 0.168. The summed E-state index contributed by atoms with van der Waals surface area (Å²) in [6, 6.07) is 0. The van der Waals surface area contributed by atoms with E-state index in [2.05, 4.69) is 37.9 Å². The maximum atomic E-state index is 10.3. The largest absolute Gasteiger partial charge is 0.235 e. The van der Waals surface area contributed by atoms with E-state index in [1.807, 2.05) is 23.5 Å². The smallest absolute Gasteiger partial charge is 0.212 e. The minimum absolute atomic E-state index is 0.370. The van der Waals surface area contributed by atoms with Crippen molar-refractivity contribution in [3.63, 3.8) is 0 Å². The zero-order valence-electron chi connectivity index (χ0n) is 14.2. The maximum Gasteiger partial charge on any atom is 0.212 e. The Kier molecular flexibility index (Phi) is 14.9. The van der Waals surface area contributed by atoms with Crippen LogP contribution in [-0.2, 0) is 0 Å². The zero-order chi connectivity index (χ0) is 20.8. The standard InChI is InChI=1S/C7H16S5.C3H6N6O6/c8-1-3-11-6-7(5-10)12-4-2-9;10-7(11)4-1-5(8(12)13)3-6(2-4)9(14)15/h7-10H,1-6H2;1-3H2. The van der Waals surface area contributed by atoms with E-state index < -0.39 is 35.1 Å². The molecule has 0 aromatic heterocycles. The molecule has 0 aliphatic carbocycles. The Labute approximate surface area is 181 Å². The van der Waals surface area contributed by atoms with Crippen molar-refractivity contribution in [2.45, 2.75) is 5.25 Å². The summed E-state index contributed by atoms with van der Waals surface area (Å²) in [5, 5.41) is 30.0. The van der Waals surface area contributed by atoms with E-state index in [4.69, 9.17) is 0 Å². The molecule has 0 bridgehead atoms. The maximum absolute atomic E-state index is 10.3. The van der Waals surface area contributed by atoms with Crippen LogP contribution in [0.5, 0.6) is 0 Å². The molecule has 17 heteroatoms. The van der Waals surface area contributed by atoms with Gasteiger partial charge in [-0.05, 0) is 11.5 Å². The van der Waals surface area contributed by atoms with Gasteiger partial charge in [0.2, 0.25) is 20.0 Å². The molecule has 12 nitrogen and oxygen atoms in total. The average molecular weight is 483 g/mol. The van der Waals surface area contributed by atoms with Crippen molar-refractivity contribution < 1.29 is 15.1 Å². The van der Waals surface area contributed by atoms with Crippen LogP contribution in [0.1, 0.15) is 0 Å². The predicted octanol–water partition coefficient (Wildman–Crippen LogP) is 0.964. The SMILES string of the molecule is O=[N+]([O-])N1CN([N+](=O)[O-])CN([N+](=O)[O-])C1.SCCSCC(CS)SCCS. The van der Waals surface area contributed by atoms with Crippen LogP contribution in [0.4, 0.5) is 0 Å². The molecule has 0 N–H and O–H groups in total. The van der Waals surface area contributed by atoms with Gasteiger partial charge in [-0.3, -0.25) is 0 Å². The lowest BCUT2D eigenvalue weighted by molar-refractivity contribution is -0.775. The summed E-state index contributed by atoms with van der Waals surface area (Å²) in [6.45, 7) is -1.78. The summed E-state index contributed by atoms with van der Waals surface area (Å²) in [5.74, 6) is 6.39. The first-order valence-corrected chi connectivity index (χ1v) is 11.6. The fourth-order valence-electron chi connectivity index (χ4n) is 1.66. The molecule has 0 aromatic rings. The topological polar surface area (TPSA) is 139 Å². The Morgan fingerprint density at radius 2 is 1.22 bits per heavy atom. The van der Waals surface area contributed by atoms with Crippen molar-refractivity contribution in [1.82, 2.24) is 15.0 Å². The first kappa shape index (κ1) is 26.4. The number of nitrogens with zero attached hydrogens (tertiary/aromatic N) is 6. The highest BCUT2D eigenvalue weighted by atomic mass is 32.2. The molecule has 1 saturated heterocycles. The van der Waals surface area contributed by atoms with E-state index in [0.717, 1.165) is 28.8 Å². The van der Waals surface area contributed by atoms with E-state index in [1.54, 1.807) is 0 Å². The molecule has 27 heavy (non-hydrogen) atoms. The Bertz CT molecular complexity index is 426. The van der Waals surface area contributed by atoms with Gasteiger partial charge in [-0.25, -0.2) is 30.3 Å². The Balaban J connectivity index is 0.000000516. The third-order valence-electron chi connectivity index (χ3n) is 2.86. The Morgan fingerprint density at radius 1 is 0.815 bits per heavy atom. The van der Waals surface area contributed by atoms with Crippen molar-refractivity contribution in [1.29, 1.82) is 0 Å². The molecular formula is C10H22N6O6S5. The van der Waals surface area contributed by atoms with Gasteiger partial charge in [0.25, 0.3) is 0 Å². The highest BCUT2D eigenvalue weighted by molar-refractivity contribution is 8.04. The summed E-state index contributed by atoms with van der Waals surface area (Å²) in [5.41, 5.74) is 0. The van der Waals surface area contributed by atoms with E-state index in [0.29, 0.717) is 20.3 Å². The molecule has 1 aliphatic rings. The summed E-state index contributed by atoms with van der Waals surface area (Å²) in [6.07, 6.45) is 0. The summed E-state index contributed by atoms with van der Waals surface area (Å²) >= 11 is 16.6. The lowest BCUT2D eigenvalue weighted by Crippen LogP contribution is -2.59. The molecule has 1 unspecified atom stereocenters. The summed E-state index contributed by atoms with van der Waals surface area (Å²) in [7, 11) is 0. The predicted molar refractivity (Wildman–Crippen MR) is 116 cm³/mol. The van der Waals surface area contributed by atoms with Crippen molar-refractivity contribution in [2.24, 2.45) is 0 Å². The molecule has 0 radical (unpaired) electrons. The molecule has 1 rings (SSSR count). The fourth-order valence-corrected chi connectivity index (χ4v) is 4.88. The van der Waals surface area contributed by atoms with Gasteiger partial charge in [0.05, 0.1) is 0 Å². The number of hydrazine groups is 3. The zero-order valence-corrected chi connectivity index (χ0v) is 18.5. The molecule has 0 spiro atoms. The van der Waals surface area contributed by atoms with Crippen LogP contribution < -0.4 is 0 Å². The average Bonchev–Trinajstić information content (AvgIpc) is 2.64. The van der Waals surface area contributed by atoms with E-state index in [-0.39, 0.29) is 0 Å². The van der Waals surface area contributed by atoms with Crippen LogP contribution in [-0.4, -0.2) is 89.9 Å². The van der Waals surface area contributed by atoms with Crippen molar-refractivity contribution >= 4 is 61.4 Å². The van der Waals surface area contributed by atoms with E-state index in [9.17, 15) is 30.3 Å². The van der Waals surface area contributed by atoms with Crippen molar-refractivity contribution in [3.05, 3.63) is 30.3 Å². The molecule has 1 aliphatic heterocycles. The number of hydrogen-bond acceptors (Lipinski definition) is 11. The fraction of sp³-hybridized carbons (Fsp3) is 1.00. The first-order valence-electron chi connectivity index (χ1n) is 7.46. The second kappa shape index (κ2) is 15.3. The normalized spacial score (nSPS) is 15.0. The first-order chi connectivity index (χ1) is 12.8. The molecule has 1 atom stereocenters. The van der Waals surface area contributed by atoms with Crippen molar-refractivity contribution in [3.8, 4) is 0 Å². The van der Waals surface area contributed by atoms with Crippen LogP contribution in [0, 0.1) is 30.3 Å². The van der Waals surface area contributed by atoms with Gasteiger partial charge in [0, 0.05) is 28.3 Å². The monoisotopic (exact) mass is 482 g/mol. The van der Waals surface area contributed by atoms with Gasteiger partial charge < -0.3 is 0 Å². The van der Waals surface area contributed by atoms with Crippen LogP contribution in [0.25, 0.3) is 0 Å². The minimum Gasteiger partial charge on any atom is -0.235 e.